The Bertz CT molecular complexity index is 1510. The number of aliphatic hydroxyl groups is 1. The van der Waals surface area contributed by atoms with Gasteiger partial charge in [-0.2, -0.15) is 39.5 Å². The molecule has 0 fully saturated rings. The predicted octanol–water partition coefficient (Wildman–Crippen LogP) is 9.07. The van der Waals surface area contributed by atoms with Crippen LogP contribution < -0.4 is 4.74 Å². The highest BCUT2D eigenvalue weighted by Gasteiger charge is 2.39. The van der Waals surface area contributed by atoms with Crippen LogP contribution in [0.4, 0.5) is 43.9 Å². The lowest BCUT2D eigenvalue weighted by Gasteiger charge is -2.31. The molecule has 1 amide bonds. The van der Waals surface area contributed by atoms with Crippen molar-refractivity contribution in [3.63, 3.8) is 0 Å². The maximum atomic E-state index is 14.8. The number of rotatable bonds is 9. The number of hydrogen-bond acceptors (Lipinski definition) is 3. The van der Waals surface area contributed by atoms with Gasteiger partial charge in [-0.15, -0.1) is 0 Å². The van der Waals surface area contributed by atoms with Crippen LogP contribution in [0.1, 0.15) is 71.7 Å². The summed E-state index contributed by atoms with van der Waals surface area (Å²) >= 11 is 0. The van der Waals surface area contributed by atoms with Gasteiger partial charge >= 0.3 is 18.5 Å². The summed E-state index contributed by atoms with van der Waals surface area (Å²) < 4.78 is 142. The first kappa shape index (κ1) is 35.7. The molecule has 1 N–H and O–H groups in total. The first-order valence-electron chi connectivity index (χ1n) is 13.4. The molecule has 14 heteroatoms. The molecular formula is C31H29F10NO3. The standard InChI is InChI=1S/C31H29F10NO3/c1-15(2)23-11-24(26(45-5)12-25(23)32)27-16(3)6-20(29(33,34)35)9-19(27)13-42(14-43)17(4)28(44)18-7-21(30(36,37)38)10-22(8-18)31(39,40)41/h6-12,14-15,17,28,44H,13H2,1-5H3/t17-,28-/m0/s1. The van der Waals surface area contributed by atoms with Crippen molar-refractivity contribution in [1.29, 1.82) is 0 Å². The Morgan fingerprint density at radius 1 is 0.822 bits per heavy atom. The van der Waals surface area contributed by atoms with E-state index >= 15 is 0 Å². The summed E-state index contributed by atoms with van der Waals surface area (Å²) in [6, 6.07) is 2.95. The number of aryl methyl sites for hydroxylation is 1. The maximum Gasteiger partial charge on any atom is 0.416 e. The first-order chi connectivity index (χ1) is 20.6. The lowest BCUT2D eigenvalue weighted by Crippen LogP contribution is -2.36. The minimum Gasteiger partial charge on any atom is -0.496 e. The second-order valence-corrected chi connectivity index (χ2v) is 10.9. The highest BCUT2D eigenvalue weighted by atomic mass is 19.4. The maximum absolute atomic E-state index is 14.8. The van der Waals surface area contributed by atoms with Gasteiger partial charge in [-0.3, -0.25) is 4.79 Å². The molecule has 0 aliphatic heterocycles. The summed E-state index contributed by atoms with van der Waals surface area (Å²) in [4.78, 5) is 13.0. The van der Waals surface area contributed by atoms with E-state index in [9.17, 15) is 53.8 Å². The molecule has 4 nitrogen and oxygen atoms in total. The second-order valence-electron chi connectivity index (χ2n) is 10.9. The Hall–Kier alpha value is -3.81. The summed E-state index contributed by atoms with van der Waals surface area (Å²) in [5.74, 6) is -1.04. The molecule has 0 radical (unpaired) electrons. The van der Waals surface area contributed by atoms with Crippen molar-refractivity contribution < 1.29 is 58.5 Å². The molecule has 0 aromatic heterocycles. The smallest absolute Gasteiger partial charge is 0.416 e. The van der Waals surface area contributed by atoms with Gasteiger partial charge in [0.25, 0.3) is 0 Å². The molecule has 0 aliphatic carbocycles. The van der Waals surface area contributed by atoms with Crippen LogP contribution in [0, 0.1) is 12.7 Å². The van der Waals surface area contributed by atoms with E-state index in [1.165, 1.54) is 20.1 Å². The predicted molar refractivity (Wildman–Crippen MR) is 145 cm³/mol. The van der Waals surface area contributed by atoms with E-state index in [2.05, 4.69) is 0 Å². The number of aliphatic hydroxyl groups excluding tert-OH is 1. The lowest BCUT2D eigenvalue weighted by atomic mass is 9.88. The van der Waals surface area contributed by atoms with Crippen molar-refractivity contribution in [2.24, 2.45) is 0 Å². The molecule has 246 valence electrons. The van der Waals surface area contributed by atoms with E-state index in [0.717, 1.165) is 30.0 Å². The number of methoxy groups -OCH3 is 1. The molecule has 3 aromatic rings. The number of carbonyl (C=O) groups excluding carboxylic acids is 1. The third-order valence-corrected chi connectivity index (χ3v) is 7.37. The number of carbonyl (C=O) groups is 1. The Morgan fingerprint density at radius 2 is 1.33 bits per heavy atom. The zero-order chi connectivity index (χ0) is 34.2. The molecule has 0 saturated carbocycles. The Morgan fingerprint density at radius 3 is 1.78 bits per heavy atom. The van der Waals surface area contributed by atoms with E-state index in [-0.39, 0.29) is 52.0 Å². The molecule has 3 rings (SSSR count). The van der Waals surface area contributed by atoms with Crippen LogP contribution in [0.25, 0.3) is 11.1 Å². The van der Waals surface area contributed by atoms with E-state index in [0.29, 0.717) is 12.1 Å². The highest BCUT2D eigenvalue weighted by molar-refractivity contribution is 5.78. The number of amides is 1. The van der Waals surface area contributed by atoms with E-state index in [1.54, 1.807) is 13.8 Å². The largest absolute Gasteiger partial charge is 0.496 e. The zero-order valence-electron chi connectivity index (χ0n) is 24.5. The molecule has 3 aromatic carbocycles. The van der Waals surface area contributed by atoms with Crippen molar-refractivity contribution in [2.75, 3.05) is 7.11 Å². The topological polar surface area (TPSA) is 49.8 Å². The highest BCUT2D eigenvalue weighted by Crippen LogP contribution is 2.43. The van der Waals surface area contributed by atoms with Gasteiger partial charge in [-0.25, -0.2) is 4.39 Å². The van der Waals surface area contributed by atoms with Crippen LogP contribution in [0.15, 0.2) is 42.5 Å². The van der Waals surface area contributed by atoms with Crippen molar-refractivity contribution >= 4 is 6.41 Å². The molecule has 0 spiro atoms. The third kappa shape index (κ3) is 7.89. The fourth-order valence-electron chi connectivity index (χ4n) is 5.00. The number of alkyl halides is 9. The lowest BCUT2D eigenvalue weighted by molar-refractivity contribution is -0.143. The van der Waals surface area contributed by atoms with E-state index in [1.807, 2.05) is 0 Å². The molecule has 2 atom stereocenters. The molecular weight excluding hydrogens is 624 g/mol. The molecule has 0 bridgehead atoms. The number of hydrogen-bond donors (Lipinski definition) is 1. The zero-order valence-corrected chi connectivity index (χ0v) is 24.5. The Kier molecular flexibility index (Phi) is 10.2. The quantitative estimate of drug-likeness (QED) is 0.185. The number of benzene rings is 3. The number of ether oxygens (including phenoxy) is 1. The molecule has 0 saturated heterocycles. The van der Waals surface area contributed by atoms with Gasteiger partial charge in [0.05, 0.1) is 35.9 Å². The van der Waals surface area contributed by atoms with E-state index < -0.39 is 65.3 Å². The SMILES string of the molecule is COc1cc(F)c(C(C)C)cc1-c1c(C)cc(C(F)(F)F)cc1CN(C=O)[C@@H](C)[C@H](O)c1cc(C(F)(F)F)cc(C(F)(F)F)c1. The van der Waals surface area contributed by atoms with Gasteiger partial charge in [0.2, 0.25) is 6.41 Å². The number of halogens is 10. The molecule has 0 aliphatic rings. The number of nitrogens with zero attached hydrogens (tertiary/aromatic N) is 1. The van der Waals surface area contributed by atoms with Crippen LogP contribution in [-0.4, -0.2) is 29.6 Å². The fourth-order valence-corrected chi connectivity index (χ4v) is 5.00. The van der Waals surface area contributed by atoms with Crippen LogP contribution in [0.5, 0.6) is 5.75 Å². The van der Waals surface area contributed by atoms with Crippen molar-refractivity contribution in [2.45, 2.75) is 70.8 Å². The fraction of sp³-hybridized carbons (Fsp3) is 0.387. The summed E-state index contributed by atoms with van der Waals surface area (Å²) in [5.41, 5.74) is -4.94. The minimum atomic E-state index is -5.21. The monoisotopic (exact) mass is 653 g/mol. The Balaban J connectivity index is 2.20. The second kappa shape index (κ2) is 12.9. The van der Waals surface area contributed by atoms with Crippen molar-refractivity contribution in [3.8, 4) is 16.9 Å². The van der Waals surface area contributed by atoms with Gasteiger partial charge in [0.1, 0.15) is 11.6 Å². The Labute approximate surface area is 252 Å². The summed E-state index contributed by atoms with van der Waals surface area (Å²) in [6.07, 6.45) is -17.3. The van der Waals surface area contributed by atoms with Gasteiger partial charge in [0.15, 0.2) is 0 Å². The van der Waals surface area contributed by atoms with Crippen LogP contribution in [0.3, 0.4) is 0 Å². The molecule has 0 unspecified atom stereocenters. The summed E-state index contributed by atoms with van der Waals surface area (Å²) in [5, 5.41) is 10.9. The van der Waals surface area contributed by atoms with E-state index in [4.69, 9.17) is 4.74 Å². The third-order valence-electron chi connectivity index (χ3n) is 7.37. The van der Waals surface area contributed by atoms with Gasteiger partial charge in [-0.1, -0.05) is 13.8 Å². The van der Waals surface area contributed by atoms with Crippen molar-refractivity contribution in [1.82, 2.24) is 4.90 Å². The van der Waals surface area contributed by atoms with Crippen LogP contribution in [0.2, 0.25) is 0 Å². The van der Waals surface area contributed by atoms with Crippen LogP contribution in [-0.2, 0) is 29.9 Å². The van der Waals surface area contributed by atoms with Gasteiger partial charge in [0, 0.05) is 18.2 Å². The molecule has 45 heavy (non-hydrogen) atoms. The van der Waals surface area contributed by atoms with Gasteiger partial charge < -0.3 is 14.7 Å². The first-order valence-corrected chi connectivity index (χ1v) is 13.4. The summed E-state index contributed by atoms with van der Waals surface area (Å²) in [6.45, 7) is 5.15. The normalized spacial score (nSPS) is 14.0. The van der Waals surface area contributed by atoms with Crippen LogP contribution >= 0.6 is 0 Å². The summed E-state index contributed by atoms with van der Waals surface area (Å²) in [7, 11) is 1.22. The molecule has 0 heterocycles. The van der Waals surface area contributed by atoms with Gasteiger partial charge in [-0.05, 0) is 84.0 Å². The minimum absolute atomic E-state index is 0.0459. The van der Waals surface area contributed by atoms with Crippen molar-refractivity contribution in [3.05, 3.63) is 87.2 Å². The average Bonchev–Trinajstić information content (AvgIpc) is 2.93. The average molecular weight is 654 g/mol.